The molecule has 1 saturated carbocycles. The molecule has 0 saturated heterocycles. The van der Waals surface area contributed by atoms with Crippen LogP contribution in [0.25, 0.3) is 0 Å². The molecule has 2 N–H and O–H groups in total. The number of carbonyl (C=O) groups is 4. The molecule has 1 heterocycles. The molecule has 48 heavy (non-hydrogen) atoms. The Hall–Kier alpha value is -3.74. The maximum absolute atomic E-state index is 15.0. The third kappa shape index (κ3) is 11.2. The Labute approximate surface area is 281 Å². The predicted molar refractivity (Wildman–Crippen MR) is 175 cm³/mol. The quantitative estimate of drug-likeness (QED) is 0.174. The van der Waals surface area contributed by atoms with E-state index in [0.717, 1.165) is 12.8 Å². The van der Waals surface area contributed by atoms with Crippen molar-refractivity contribution < 1.29 is 41.5 Å². The van der Waals surface area contributed by atoms with Gasteiger partial charge in [-0.1, -0.05) is 55.3 Å². The summed E-state index contributed by atoms with van der Waals surface area (Å²) in [6, 6.07) is 13.0. The zero-order valence-electron chi connectivity index (χ0n) is 27.2. The van der Waals surface area contributed by atoms with Crippen LogP contribution in [0.5, 0.6) is 0 Å². The molecule has 2 aromatic carbocycles. The first-order valence-electron chi connectivity index (χ1n) is 16.0. The molecule has 1 aliphatic carbocycles. The highest BCUT2D eigenvalue weighted by Crippen LogP contribution is 2.40. The zero-order chi connectivity index (χ0) is 35.1. The molecule has 1 fully saturated rings. The maximum atomic E-state index is 15.0. The lowest BCUT2D eigenvalue weighted by Gasteiger charge is -2.27. The largest absolute Gasteiger partial charge is 0.444 e. The number of halogens is 4. The van der Waals surface area contributed by atoms with Gasteiger partial charge in [-0.15, -0.1) is 0 Å². The monoisotopic (exact) mass is 691 g/mol. The van der Waals surface area contributed by atoms with Gasteiger partial charge in [0, 0.05) is 53.7 Å². The fraction of sp³-hybridized carbons (Fsp3) is 0.514. The molecule has 8 nitrogen and oxygen atoms in total. The summed E-state index contributed by atoms with van der Waals surface area (Å²) in [5.41, 5.74) is 0.628. The van der Waals surface area contributed by atoms with Gasteiger partial charge in [-0.3, -0.25) is 19.4 Å². The van der Waals surface area contributed by atoms with Crippen LogP contribution in [0.15, 0.2) is 53.5 Å². The van der Waals surface area contributed by atoms with E-state index in [-0.39, 0.29) is 41.7 Å². The lowest BCUT2D eigenvalue weighted by atomic mass is 9.81. The van der Waals surface area contributed by atoms with Crippen LogP contribution in [0.3, 0.4) is 0 Å². The van der Waals surface area contributed by atoms with E-state index < -0.39 is 72.6 Å². The number of carbonyl (C=O) groups excluding carboxylic acids is 4. The zero-order valence-corrected chi connectivity index (χ0v) is 28.0. The van der Waals surface area contributed by atoms with E-state index in [4.69, 9.17) is 4.74 Å². The van der Waals surface area contributed by atoms with Crippen molar-refractivity contribution in [2.45, 2.75) is 77.2 Å². The summed E-state index contributed by atoms with van der Waals surface area (Å²) in [6.07, 6.45) is -7.16. The summed E-state index contributed by atoms with van der Waals surface area (Å²) in [5.74, 6) is -4.51. The smallest absolute Gasteiger partial charge is 0.407 e. The number of Topliss-reactive ketones (excluding diaryl/α,β-unsaturated/α-hetero) is 2. The molecule has 2 amide bonds. The molecule has 0 radical (unpaired) electrons. The first-order chi connectivity index (χ1) is 22.6. The van der Waals surface area contributed by atoms with Gasteiger partial charge in [-0.2, -0.15) is 24.9 Å². The first kappa shape index (κ1) is 37.1. The first-order valence-corrected chi connectivity index (χ1v) is 17.1. The number of alkyl carbamates (subject to hydrolysis) is 1. The normalized spacial score (nSPS) is 17.8. The van der Waals surface area contributed by atoms with Gasteiger partial charge < -0.3 is 15.4 Å². The number of hydrogen-bond acceptors (Lipinski definition) is 7. The molecular formula is C35H41F4N3O5S. The number of aliphatic imine (C=N–C) groups is 1. The minimum Gasteiger partial charge on any atom is -0.444 e. The Balaban J connectivity index is 1.54. The average Bonchev–Trinajstić information content (AvgIpc) is 3.83. The van der Waals surface area contributed by atoms with Gasteiger partial charge in [-0.05, 0) is 45.6 Å². The number of benzene rings is 2. The Morgan fingerprint density at radius 1 is 1.02 bits per heavy atom. The van der Waals surface area contributed by atoms with Gasteiger partial charge in [-0.25, -0.2) is 9.18 Å². The second-order valence-electron chi connectivity index (χ2n) is 13.2. The van der Waals surface area contributed by atoms with Crippen molar-refractivity contribution >= 4 is 41.0 Å². The van der Waals surface area contributed by atoms with Crippen LogP contribution in [0, 0.1) is 23.6 Å². The Kier molecular flexibility index (Phi) is 12.4. The van der Waals surface area contributed by atoms with Crippen LogP contribution in [0.1, 0.15) is 69.6 Å². The van der Waals surface area contributed by atoms with E-state index in [1.807, 2.05) is 0 Å². The third-order valence-electron chi connectivity index (χ3n) is 8.03. The number of nitrogens with zero attached hydrogens (tertiary/aromatic N) is 1. The minimum atomic E-state index is -4.58. The van der Waals surface area contributed by atoms with Crippen molar-refractivity contribution in [1.29, 1.82) is 0 Å². The molecule has 0 unspecified atom stereocenters. The van der Waals surface area contributed by atoms with Crippen LogP contribution in [-0.2, 0) is 25.5 Å². The lowest BCUT2D eigenvalue weighted by molar-refractivity contribution is -0.146. The minimum absolute atomic E-state index is 0.0730. The molecule has 0 spiro atoms. The molecular weight excluding hydrogens is 650 g/mol. The summed E-state index contributed by atoms with van der Waals surface area (Å²) in [6.45, 7) is 5.38. The summed E-state index contributed by atoms with van der Waals surface area (Å²) in [5, 5.41) is 5.14. The number of ketones is 2. The number of ether oxygens (including phenoxy) is 1. The van der Waals surface area contributed by atoms with E-state index in [1.165, 1.54) is 23.9 Å². The topological polar surface area (TPSA) is 114 Å². The van der Waals surface area contributed by atoms with Crippen LogP contribution >= 0.6 is 11.8 Å². The maximum Gasteiger partial charge on any atom is 0.407 e. The molecule has 3 atom stereocenters. The second kappa shape index (κ2) is 16.1. The van der Waals surface area contributed by atoms with Crippen molar-refractivity contribution in [3.63, 3.8) is 0 Å². The predicted octanol–water partition coefficient (Wildman–Crippen LogP) is 6.43. The number of nitrogens with one attached hydrogen (secondary N) is 2. The summed E-state index contributed by atoms with van der Waals surface area (Å²) in [7, 11) is 0. The van der Waals surface area contributed by atoms with Gasteiger partial charge in [0.15, 0.2) is 11.9 Å². The number of hydrogen-bond donors (Lipinski definition) is 2. The van der Waals surface area contributed by atoms with Crippen molar-refractivity contribution in [2.24, 2.45) is 22.7 Å². The molecule has 0 aromatic heterocycles. The summed E-state index contributed by atoms with van der Waals surface area (Å²) in [4.78, 5) is 57.3. The van der Waals surface area contributed by atoms with Crippen LogP contribution < -0.4 is 10.6 Å². The SMILES string of the molecule is CC(C)(C)OC(=O)NCCSCC(=O)[C@@H](CC1CC1)[C@@H](CCC(F)(F)F)C(=O)N[C@H]1N=C(c2ccccc2)c2cccc(F)c2CC1=O. The Morgan fingerprint density at radius 3 is 2.38 bits per heavy atom. The number of thioether (sulfide) groups is 1. The van der Waals surface area contributed by atoms with Crippen molar-refractivity contribution in [3.8, 4) is 0 Å². The average molecular weight is 692 g/mol. The van der Waals surface area contributed by atoms with E-state index >= 15 is 0 Å². The van der Waals surface area contributed by atoms with Crippen molar-refractivity contribution in [3.05, 3.63) is 71.0 Å². The fourth-order valence-electron chi connectivity index (χ4n) is 5.57. The van der Waals surface area contributed by atoms with Crippen LogP contribution in [0.2, 0.25) is 0 Å². The Morgan fingerprint density at radius 2 is 1.73 bits per heavy atom. The summed E-state index contributed by atoms with van der Waals surface area (Å²) >= 11 is 1.20. The number of fused-ring (bicyclic) bond motifs is 1. The standard InChI is InChI=1S/C35H41F4N3O5S/c1-34(2,3)47-33(46)40-16-17-48-20-29(44)26(18-21-12-13-21)24(14-15-35(37,38)39)32(45)42-31-28(43)19-25-23(10-7-11-27(25)36)30(41-31)22-8-5-4-6-9-22/h4-11,21,24,26,31H,12-20H2,1-3H3,(H,40,46)(H,42,45)/t24-,26+,31-/m1/s1. The molecule has 260 valence electrons. The number of rotatable bonds is 14. The lowest BCUT2D eigenvalue weighted by Crippen LogP contribution is -2.46. The van der Waals surface area contributed by atoms with E-state index in [9.17, 15) is 36.7 Å². The van der Waals surface area contributed by atoms with Gasteiger partial charge in [0.05, 0.1) is 11.5 Å². The van der Waals surface area contributed by atoms with Gasteiger partial charge in [0.1, 0.15) is 17.2 Å². The molecule has 2 aromatic rings. The van der Waals surface area contributed by atoms with E-state index in [2.05, 4.69) is 15.6 Å². The Bertz CT molecular complexity index is 1510. The highest BCUT2D eigenvalue weighted by atomic mass is 32.2. The van der Waals surface area contributed by atoms with Crippen molar-refractivity contribution in [1.82, 2.24) is 10.6 Å². The van der Waals surface area contributed by atoms with Crippen LogP contribution in [0.4, 0.5) is 22.4 Å². The number of alkyl halides is 3. The van der Waals surface area contributed by atoms with E-state index in [0.29, 0.717) is 16.9 Å². The molecule has 0 bridgehead atoms. The molecule has 13 heteroatoms. The van der Waals surface area contributed by atoms with Crippen molar-refractivity contribution in [2.75, 3.05) is 18.1 Å². The highest BCUT2D eigenvalue weighted by Gasteiger charge is 2.41. The second-order valence-corrected chi connectivity index (χ2v) is 14.3. The van der Waals surface area contributed by atoms with E-state index in [1.54, 1.807) is 57.2 Å². The molecule has 4 rings (SSSR count). The van der Waals surface area contributed by atoms with Gasteiger partial charge in [0.2, 0.25) is 5.91 Å². The highest BCUT2D eigenvalue weighted by molar-refractivity contribution is 7.99. The fourth-order valence-corrected chi connectivity index (χ4v) is 6.37. The van der Waals surface area contributed by atoms with Gasteiger partial charge in [0.25, 0.3) is 0 Å². The van der Waals surface area contributed by atoms with Crippen LogP contribution in [-0.4, -0.2) is 65.3 Å². The van der Waals surface area contributed by atoms with Gasteiger partial charge >= 0.3 is 12.3 Å². The third-order valence-corrected chi connectivity index (χ3v) is 9.01. The summed E-state index contributed by atoms with van der Waals surface area (Å²) < 4.78 is 60.6. The molecule has 2 aliphatic rings. The number of amides is 2. The molecule has 1 aliphatic heterocycles.